The highest BCUT2D eigenvalue weighted by Gasteiger charge is 2.52. The van der Waals surface area contributed by atoms with Crippen molar-refractivity contribution in [3.05, 3.63) is 0 Å². The van der Waals surface area contributed by atoms with Gasteiger partial charge >= 0.3 is 6.03 Å². The van der Waals surface area contributed by atoms with Crippen LogP contribution in [-0.4, -0.2) is 52.8 Å². The van der Waals surface area contributed by atoms with Gasteiger partial charge in [0.2, 0.25) is 5.91 Å². The average molecular weight is 323 g/mol. The summed E-state index contributed by atoms with van der Waals surface area (Å²) >= 11 is 0. The van der Waals surface area contributed by atoms with E-state index in [1.165, 1.54) is 4.90 Å². The first-order valence-electron chi connectivity index (χ1n) is 8.96. The lowest BCUT2D eigenvalue weighted by molar-refractivity contribution is -0.133. The average Bonchev–Trinajstić information content (AvgIpc) is 3.09. The predicted molar refractivity (Wildman–Crippen MR) is 87.8 cm³/mol. The van der Waals surface area contributed by atoms with Crippen LogP contribution in [0, 0.1) is 0 Å². The van der Waals surface area contributed by atoms with Gasteiger partial charge in [0.15, 0.2) is 0 Å². The number of carbonyl (C=O) groups excluding carboxylic acids is 3. The maximum absolute atomic E-state index is 12.5. The van der Waals surface area contributed by atoms with Crippen LogP contribution in [-0.2, 0) is 9.59 Å². The van der Waals surface area contributed by atoms with E-state index in [2.05, 4.69) is 12.2 Å². The lowest BCUT2D eigenvalue weighted by Crippen LogP contribution is -2.44. The molecule has 2 aliphatic rings. The van der Waals surface area contributed by atoms with Crippen LogP contribution < -0.4 is 5.32 Å². The van der Waals surface area contributed by atoms with E-state index in [1.54, 1.807) is 0 Å². The molecule has 130 valence electrons. The Morgan fingerprint density at radius 1 is 1.22 bits per heavy atom. The van der Waals surface area contributed by atoms with E-state index in [-0.39, 0.29) is 17.8 Å². The molecule has 1 N–H and O–H groups in total. The molecule has 1 aliphatic heterocycles. The Labute approximate surface area is 138 Å². The molecule has 0 unspecified atom stereocenters. The minimum atomic E-state index is -0.641. The monoisotopic (exact) mass is 323 g/mol. The number of rotatable bonds is 8. The van der Waals surface area contributed by atoms with Gasteiger partial charge in [0.1, 0.15) is 5.54 Å². The first kappa shape index (κ1) is 17.8. The molecule has 2 fully saturated rings. The highest BCUT2D eigenvalue weighted by molar-refractivity contribution is 6.07. The minimum absolute atomic E-state index is 0.0919. The fraction of sp³-hybridized carbons (Fsp3) is 0.824. The fourth-order valence-corrected chi connectivity index (χ4v) is 3.55. The molecule has 1 aliphatic carbocycles. The van der Waals surface area contributed by atoms with Crippen LogP contribution in [0.1, 0.15) is 65.2 Å². The quantitative estimate of drug-likeness (QED) is 0.697. The van der Waals surface area contributed by atoms with E-state index in [4.69, 9.17) is 0 Å². The Kier molecular flexibility index (Phi) is 6.02. The summed E-state index contributed by atoms with van der Waals surface area (Å²) in [7, 11) is 0. The normalized spacial score (nSPS) is 19.5. The van der Waals surface area contributed by atoms with Crippen LogP contribution in [0.25, 0.3) is 0 Å². The summed E-state index contributed by atoms with van der Waals surface area (Å²) in [4.78, 5) is 39.9. The fourth-order valence-electron chi connectivity index (χ4n) is 3.55. The summed E-state index contributed by atoms with van der Waals surface area (Å²) in [5.74, 6) is 0.0226. The number of carbonyl (C=O) groups is 3. The highest BCUT2D eigenvalue weighted by atomic mass is 16.2. The summed E-state index contributed by atoms with van der Waals surface area (Å²) in [5, 5.41) is 2.87. The second-order valence-electron chi connectivity index (χ2n) is 6.61. The Bertz CT molecular complexity index is 458. The Hall–Kier alpha value is -1.59. The van der Waals surface area contributed by atoms with E-state index < -0.39 is 5.54 Å². The number of urea groups is 1. The minimum Gasteiger partial charge on any atom is -0.343 e. The third-order valence-corrected chi connectivity index (χ3v) is 4.99. The van der Waals surface area contributed by atoms with Gasteiger partial charge in [-0.3, -0.25) is 14.5 Å². The van der Waals surface area contributed by atoms with Crippen molar-refractivity contribution < 1.29 is 14.4 Å². The molecule has 4 amide bonds. The van der Waals surface area contributed by atoms with Gasteiger partial charge in [-0.1, -0.05) is 26.2 Å². The molecule has 1 saturated heterocycles. The molecule has 0 aromatic heterocycles. The van der Waals surface area contributed by atoms with Crippen molar-refractivity contribution in [2.45, 2.75) is 70.8 Å². The Balaban J connectivity index is 1.80. The van der Waals surface area contributed by atoms with Crippen molar-refractivity contribution in [1.29, 1.82) is 0 Å². The van der Waals surface area contributed by atoms with Gasteiger partial charge in [0.05, 0.1) is 0 Å². The summed E-state index contributed by atoms with van der Waals surface area (Å²) in [5.41, 5.74) is -0.641. The number of imide groups is 1. The summed E-state index contributed by atoms with van der Waals surface area (Å²) in [6, 6.07) is -0.289. The molecular formula is C17H29N3O3. The van der Waals surface area contributed by atoms with Gasteiger partial charge in [0, 0.05) is 26.1 Å². The summed E-state index contributed by atoms with van der Waals surface area (Å²) in [6.07, 6.45) is 6.46. The number of nitrogens with zero attached hydrogens (tertiary/aromatic N) is 2. The van der Waals surface area contributed by atoms with Gasteiger partial charge in [-0.25, -0.2) is 4.79 Å². The van der Waals surface area contributed by atoms with Crippen molar-refractivity contribution in [2.24, 2.45) is 0 Å². The van der Waals surface area contributed by atoms with Crippen molar-refractivity contribution in [3.8, 4) is 0 Å². The van der Waals surface area contributed by atoms with E-state index in [9.17, 15) is 14.4 Å². The zero-order chi connectivity index (χ0) is 16.9. The van der Waals surface area contributed by atoms with Crippen LogP contribution >= 0.6 is 0 Å². The van der Waals surface area contributed by atoms with E-state index in [0.29, 0.717) is 25.9 Å². The zero-order valence-corrected chi connectivity index (χ0v) is 14.4. The molecule has 0 atom stereocenters. The van der Waals surface area contributed by atoms with Crippen LogP contribution in [0.2, 0.25) is 0 Å². The standard InChI is InChI=1S/C17H29N3O3/c1-3-5-12-19(4-2)14(21)9-8-13-20-15(22)17(18-16(20)23)10-6-7-11-17/h3-13H2,1-2H3,(H,18,23). The maximum atomic E-state index is 12.5. The maximum Gasteiger partial charge on any atom is 0.325 e. The van der Waals surface area contributed by atoms with Crippen molar-refractivity contribution in [1.82, 2.24) is 15.1 Å². The molecule has 1 spiro atoms. The van der Waals surface area contributed by atoms with Crippen LogP contribution in [0.15, 0.2) is 0 Å². The van der Waals surface area contributed by atoms with E-state index >= 15 is 0 Å². The van der Waals surface area contributed by atoms with Crippen molar-refractivity contribution in [2.75, 3.05) is 19.6 Å². The molecule has 6 nitrogen and oxygen atoms in total. The van der Waals surface area contributed by atoms with Gasteiger partial charge in [-0.05, 0) is 32.6 Å². The van der Waals surface area contributed by atoms with Gasteiger partial charge in [-0.2, -0.15) is 0 Å². The Morgan fingerprint density at radius 3 is 2.52 bits per heavy atom. The molecule has 1 heterocycles. The molecule has 0 bridgehead atoms. The lowest BCUT2D eigenvalue weighted by atomic mass is 9.98. The topological polar surface area (TPSA) is 69.7 Å². The molecule has 2 rings (SSSR count). The van der Waals surface area contributed by atoms with Crippen LogP contribution in [0.5, 0.6) is 0 Å². The second kappa shape index (κ2) is 7.79. The van der Waals surface area contributed by atoms with Gasteiger partial charge in [0.25, 0.3) is 5.91 Å². The van der Waals surface area contributed by atoms with Crippen LogP contribution in [0.3, 0.4) is 0 Å². The summed E-state index contributed by atoms with van der Waals surface area (Å²) in [6.45, 7) is 5.93. The third-order valence-electron chi connectivity index (χ3n) is 4.99. The molecule has 23 heavy (non-hydrogen) atoms. The summed E-state index contributed by atoms with van der Waals surface area (Å²) < 4.78 is 0. The van der Waals surface area contributed by atoms with Crippen molar-refractivity contribution >= 4 is 17.8 Å². The number of hydrogen-bond donors (Lipinski definition) is 1. The third kappa shape index (κ3) is 3.85. The van der Waals surface area contributed by atoms with E-state index in [1.807, 2.05) is 11.8 Å². The Morgan fingerprint density at radius 2 is 1.91 bits per heavy atom. The zero-order valence-electron chi connectivity index (χ0n) is 14.4. The van der Waals surface area contributed by atoms with Gasteiger partial charge < -0.3 is 10.2 Å². The number of unbranched alkanes of at least 4 members (excludes halogenated alkanes) is 1. The lowest BCUT2D eigenvalue weighted by Gasteiger charge is -2.22. The molecule has 0 aromatic carbocycles. The van der Waals surface area contributed by atoms with Crippen molar-refractivity contribution in [3.63, 3.8) is 0 Å². The second-order valence-corrected chi connectivity index (χ2v) is 6.61. The first-order chi connectivity index (χ1) is 11.0. The molecular weight excluding hydrogens is 294 g/mol. The SMILES string of the molecule is CCCCN(CC)C(=O)CCCN1C(=O)NC2(CCCC2)C1=O. The first-order valence-corrected chi connectivity index (χ1v) is 8.96. The number of hydrogen-bond acceptors (Lipinski definition) is 3. The number of nitrogens with one attached hydrogen (secondary N) is 1. The highest BCUT2D eigenvalue weighted by Crippen LogP contribution is 2.35. The largest absolute Gasteiger partial charge is 0.343 e. The molecule has 0 radical (unpaired) electrons. The smallest absolute Gasteiger partial charge is 0.325 e. The predicted octanol–water partition coefficient (Wildman–Crippen LogP) is 2.28. The number of amides is 4. The molecule has 0 aromatic rings. The van der Waals surface area contributed by atoms with E-state index in [0.717, 1.165) is 45.1 Å². The van der Waals surface area contributed by atoms with Crippen LogP contribution in [0.4, 0.5) is 4.79 Å². The molecule has 6 heteroatoms. The van der Waals surface area contributed by atoms with Gasteiger partial charge in [-0.15, -0.1) is 0 Å². The molecule has 1 saturated carbocycles.